The maximum Gasteiger partial charge on any atom is 0.335 e. The van der Waals surface area contributed by atoms with Crippen LogP contribution in [0.3, 0.4) is 0 Å². The van der Waals surface area contributed by atoms with Crippen molar-refractivity contribution in [2.45, 2.75) is 53.0 Å². The van der Waals surface area contributed by atoms with Gasteiger partial charge in [-0.05, 0) is 42.9 Å². The van der Waals surface area contributed by atoms with Crippen molar-refractivity contribution >= 4 is 30.4 Å². The normalized spacial score (nSPS) is 13.0. The second kappa shape index (κ2) is 13.2. The molecule has 29 heavy (non-hydrogen) atoms. The lowest BCUT2D eigenvalue weighted by Crippen LogP contribution is -2.36. The number of carbonyl (C=O) groups excluding carboxylic acids is 2. The molecular weight excluding hydrogens is 388 g/mol. The summed E-state index contributed by atoms with van der Waals surface area (Å²) in [4.78, 5) is 35.8. The molecule has 6 nitrogen and oxygen atoms in total. The van der Waals surface area contributed by atoms with E-state index in [1.165, 1.54) is 12.1 Å². The van der Waals surface area contributed by atoms with Gasteiger partial charge in [0.15, 0.2) is 0 Å². The van der Waals surface area contributed by atoms with E-state index in [1.54, 1.807) is 12.1 Å². The number of aromatic carboxylic acids is 1. The minimum atomic E-state index is -0.973. The Hall–Kier alpha value is -2.02. The Morgan fingerprint density at radius 2 is 1.62 bits per heavy atom. The van der Waals surface area contributed by atoms with Crippen molar-refractivity contribution in [3.05, 3.63) is 35.4 Å². The van der Waals surface area contributed by atoms with E-state index in [9.17, 15) is 14.4 Å². The quantitative estimate of drug-likeness (QED) is 0.366. The molecule has 2 atom stereocenters. The van der Waals surface area contributed by atoms with E-state index >= 15 is 0 Å². The molecule has 0 saturated heterocycles. The van der Waals surface area contributed by atoms with Crippen LogP contribution < -0.4 is 10.6 Å². The number of carboxylic acid groups (broad SMARTS) is 1. The number of benzene rings is 1. The zero-order valence-corrected chi connectivity index (χ0v) is 18.5. The van der Waals surface area contributed by atoms with Crippen LogP contribution in [0.5, 0.6) is 0 Å². The fourth-order valence-corrected chi connectivity index (χ4v) is 3.52. The number of carboxylic acids is 1. The van der Waals surface area contributed by atoms with Crippen molar-refractivity contribution in [2.75, 3.05) is 12.3 Å². The molecule has 0 aliphatic carbocycles. The van der Waals surface area contributed by atoms with Crippen LogP contribution in [0.15, 0.2) is 24.3 Å². The molecule has 2 amide bonds. The first-order valence-corrected chi connectivity index (χ1v) is 10.9. The summed E-state index contributed by atoms with van der Waals surface area (Å²) in [5, 5.41) is 14.8. The van der Waals surface area contributed by atoms with Crippen LogP contribution in [-0.2, 0) is 16.1 Å². The van der Waals surface area contributed by atoms with Gasteiger partial charge in [0.1, 0.15) is 0 Å². The molecule has 1 rings (SSSR count). The Bertz CT molecular complexity index is 661. The van der Waals surface area contributed by atoms with Gasteiger partial charge in [-0.1, -0.05) is 39.3 Å². The Kier molecular flexibility index (Phi) is 11.4. The predicted molar refractivity (Wildman–Crippen MR) is 118 cm³/mol. The highest BCUT2D eigenvalue weighted by Gasteiger charge is 2.20. The third kappa shape index (κ3) is 9.35. The second-order valence-corrected chi connectivity index (χ2v) is 8.16. The number of hydrogen-bond donors (Lipinski definition) is 4. The van der Waals surface area contributed by atoms with Crippen LogP contribution in [-0.4, -0.2) is 35.2 Å². The largest absolute Gasteiger partial charge is 0.478 e. The van der Waals surface area contributed by atoms with Crippen molar-refractivity contribution in [1.82, 2.24) is 10.6 Å². The molecule has 1 aromatic rings. The first-order chi connectivity index (χ1) is 13.8. The number of rotatable bonds is 13. The third-order valence-electron chi connectivity index (χ3n) is 4.81. The van der Waals surface area contributed by atoms with Gasteiger partial charge in [-0.25, -0.2) is 4.79 Å². The summed E-state index contributed by atoms with van der Waals surface area (Å²) in [5.41, 5.74) is 1.06. The molecule has 0 saturated carbocycles. The fraction of sp³-hybridized carbons (Fsp3) is 0.591. The van der Waals surface area contributed by atoms with Gasteiger partial charge in [-0.15, -0.1) is 0 Å². The van der Waals surface area contributed by atoms with Gasteiger partial charge >= 0.3 is 5.97 Å². The first-order valence-electron chi connectivity index (χ1n) is 10.3. The summed E-state index contributed by atoms with van der Waals surface area (Å²) >= 11 is 4.28. The monoisotopic (exact) mass is 422 g/mol. The molecule has 162 valence electrons. The number of amides is 2. The molecule has 0 aliphatic rings. The summed E-state index contributed by atoms with van der Waals surface area (Å²) in [5.74, 6) is -0.341. The second-order valence-electron chi connectivity index (χ2n) is 7.79. The SMILES string of the molecule is CCCC(CCNC(=O)C(CS)CC(C)C)C(=O)NCc1ccc(C(=O)O)cc1. The van der Waals surface area contributed by atoms with E-state index in [1.807, 2.05) is 6.92 Å². The first kappa shape index (κ1) is 25.0. The van der Waals surface area contributed by atoms with E-state index in [-0.39, 0.29) is 29.2 Å². The third-order valence-corrected chi connectivity index (χ3v) is 5.26. The molecule has 0 aromatic heterocycles. The van der Waals surface area contributed by atoms with Crippen molar-refractivity contribution in [1.29, 1.82) is 0 Å². The van der Waals surface area contributed by atoms with Crippen LogP contribution in [0.4, 0.5) is 0 Å². The standard InChI is InChI=1S/C22H34N2O4S/c1-4-5-17(10-11-23-21(26)19(14-29)12-15(2)3)20(25)24-13-16-6-8-18(9-7-16)22(27)28/h6-9,15,17,19,29H,4-5,10-14H2,1-3H3,(H,23,26)(H,24,25)(H,27,28). The highest BCUT2D eigenvalue weighted by atomic mass is 32.1. The van der Waals surface area contributed by atoms with E-state index in [0.717, 1.165) is 24.8 Å². The molecule has 7 heteroatoms. The zero-order chi connectivity index (χ0) is 21.8. The van der Waals surface area contributed by atoms with E-state index in [2.05, 4.69) is 37.1 Å². The molecule has 1 aromatic carbocycles. The average Bonchev–Trinajstić information content (AvgIpc) is 2.69. The lowest BCUT2D eigenvalue weighted by molar-refractivity contribution is -0.127. The van der Waals surface area contributed by atoms with Gasteiger partial charge in [0.05, 0.1) is 5.56 Å². The summed E-state index contributed by atoms with van der Waals surface area (Å²) in [6, 6.07) is 6.45. The summed E-state index contributed by atoms with van der Waals surface area (Å²) in [6.07, 6.45) is 3.02. The summed E-state index contributed by atoms with van der Waals surface area (Å²) in [6.45, 7) is 7.01. The van der Waals surface area contributed by atoms with Crippen LogP contribution in [0.2, 0.25) is 0 Å². The minimum absolute atomic E-state index is 0.00266. The molecular formula is C22H34N2O4S. The maximum absolute atomic E-state index is 12.6. The molecule has 0 bridgehead atoms. The summed E-state index contributed by atoms with van der Waals surface area (Å²) in [7, 11) is 0. The molecule has 3 N–H and O–H groups in total. The molecule has 0 aliphatic heterocycles. The maximum atomic E-state index is 12.6. The van der Waals surface area contributed by atoms with Crippen molar-refractivity contribution in [2.24, 2.45) is 17.8 Å². The van der Waals surface area contributed by atoms with Crippen molar-refractivity contribution < 1.29 is 19.5 Å². The number of carbonyl (C=O) groups is 3. The van der Waals surface area contributed by atoms with E-state index in [0.29, 0.717) is 31.2 Å². The van der Waals surface area contributed by atoms with Crippen LogP contribution in [0.25, 0.3) is 0 Å². The lowest BCUT2D eigenvalue weighted by Gasteiger charge is -2.19. The highest BCUT2D eigenvalue weighted by Crippen LogP contribution is 2.15. The number of nitrogens with one attached hydrogen (secondary N) is 2. The minimum Gasteiger partial charge on any atom is -0.478 e. The topological polar surface area (TPSA) is 95.5 Å². The van der Waals surface area contributed by atoms with Gasteiger partial charge < -0.3 is 15.7 Å². The fourth-order valence-electron chi connectivity index (χ4n) is 3.20. The van der Waals surface area contributed by atoms with Crippen LogP contribution in [0.1, 0.15) is 62.4 Å². The summed E-state index contributed by atoms with van der Waals surface area (Å²) < 4.78 is 0. The van der Waals surface area contributed by atoms with Crippen molar-refractivity contribution in [3.63, 3.8) is 0 Å². The molecule has 0 fully saturated rings. The molecule has 2 unspecified atom stereocenters. The molecule has 0 radical (unpaired) electrons. The Balaban J connectivity index is 2.50. The lowest BCUT2D eigenvalue weighted by atomic mass is 9.96. The van der Waals surface area contributed by atoms with Gasteiger partial charge in [-0.3, -0.25) is 9.59 Å². The van der Waals surface area contributed by atoms with E-state index in [4.69, 9.17) is 5.11 Å². The van der Waals surface area contributed by atoms with Crippen molar-refractivity contribution in [3.8, 4) is 0 Å². The number of thiol groups is 1. The van der Waals surface area contributed by atoms with Gasteiger partial charge in [0.2, 0.25) is 11.8 Å². The van der Waals surface area contributed by atoms with E-state index < -0.39 is 5.97 Å². The van der Waals surface area contributed by atoms with Crippen LogP contribution >= 0.6 is 12.6 Å². The Labute approximate surface area is 179 Å². The number of hydrogen-bond acceptors (Lipinski definition) is 4. The average molecular weight is 423 g/mol. The molecule has 0 spiro atoms. The van der Waals surface area contributed by atoms with Gasteiger partial charge in [0.25, 0.3) is 0 Å². The van der Waals surface area contributed by atoms with Gasteiger partial charge in [0, 0.05) is 30.7 Å². The molecule has 0 heterocycles. The highest BCUT2D eigenvalue weighted by molar-refractivity contribution is 7.80. The Morgan fingerprint density at radius 3 is 2.14 bits per heavy atom. The zero-order valence-electron chi connectivity index (χ0n) is 17.6. The van der Waals surface area contributed by atoms with Gasteiger partial charge in [-0.2, -0.15) is 12.6 Å². The predicted octanol–water partition coefficient (Wildman–Crippen LogP) is 3.52. The smallest absolute Gasteiger partial charge is 0.335 e. The Morgan fingerprint density at radius 1 is 1.00 bits per heavy atom. The van der Waals surface area contributed by atoms with Crippen LogP contribution in [0, 0.1) is 17.8 Å².